The first-order chi connectivity index (χ1) is 26.0. The molecule has 0 spiro atoms. The summed E-state index contributed by atoms with van der Waals surface area (Å²) >= 11 is 0. The molecule has 0 atom stereocenters. The smallest absolute Gasteiger partial charge is 0.338 e. The number of esters is 2. The molecule has 0 N–H and O–H groups in total. The van der Waals surface area contributed by atoms with Gasteiger partial charge in [0.2, 0.25) is 0 Å². The third-order valence-electron chi connectivity index (χ3n) is 8.48. The summed E-state index contributed by atoms with van der Waals surface area (Å²) in [5.41, 5.74) is 4.21. The van der Waals surface area contributed by atoms with Gasteiger partial charge in [-0.2, -0.15) is 0 Å². The summed E-state index contributed by atoms with van der Waals surface area (Å²) in [4.78, 5) is 34.0. The van der Waals surface area contributed by atoms with E-state index in [9.17, 15) is 9.59 Å². The number of hydrogen-bond acceptors (Lipinski definition) is 8. The molecule has 0 saturated heterocycles. The van der Waals surface area contributed by atoms with Crippen molar-refractivity contribution in [1.82, 2.24) is 0 Å². The molecule has 0 aromatic heterocycles. The molecule has 4 aromatic rings. The Kier molecular flexibility index (Phi) is 18.4. The highest BCUT2D eigenvalue weighted by atomic mass is 16.5. The molecule has 0 unspecified atom stereocenters. The number of nitrogens with zero attached hydrogens (tertiary/aromatic N) is 2. The van der Waals surface area contributed by atoms with Gasteiger partial charge in [0.05, 0.1) is 48.9 Å². The monoisotopic (exact) mass is 718 g/mol. The Balaban J connectivity index is 1.09. The zero-order valence-electron chi connectivity index (χ0n) is 31.3. The number of carbonyl (C=O) groups is 2. The topological polar surface area (TPSA) is 95.8 Å². The summed E-state index contributed by atoms with van der Waals surface area (Å²) in [6.07, 6.45) is 16.1. The van der Waals surface area contributed by atoms with Crippen LogP contribution >= 0.6 is 0 Å². The third kappa shape index (κ3) is 15.9. The number of aliphatic imine (C=N–C) groups is 2. The highest BCUT2D eigenvalue weighted by molar-refractivity contribution is 5.91. The van der Waals surface area contributed by atoms with E-state index in [1.807, 2.05) is 48.5 Å². The summed E-state index contributed by atoms with van der Waals surface area (Å²) < 4.78 is 22.4. The molecule has 0 aliphatic heterocycles. The van der Waals surface area contributed by atoms with Crippen LogP contribution in [0, 0.1) is 0 Å². The number of carbonyl (C=O) groups excluding carboxylic acids is 2. The van der Waals surface area contributed by atoms with Crippen molar-refractivity contribution >= 4 is 35.7 Å². The van der Waals surface area contributed by atoms with Gasteiger partial charge in [-0.25, -0.2) is 9.59 Å². The van der Waals surface area contributed by atoms with E-state index in [1.165, 1.54) is 51.4 Å². The molecular formula is C45H54N2O6. The van der Waals surface area contributed by atoms with Crippen molar-refractivity contribution < 1.29 is 28.5 Å². The van der Waals surface area contributed by atoms with E-state index in [0.717, 1.165) is 60.1 Å². The average molecular weight is 719 g/mol. The quantitative estimate of drug-likeness (QED) is 0.0406. The van der Waals surface area contributed by atoms with E-state index < -0.39 is 11.9 Å². The van der Waals surface area contributed by atoms with E-state index in [0.29, 0.717) is 17.5 Å². The second-order valence-electron chi connectivity index (χ2n) is 12.9. The van der Waals surface area contributed by atoms with Crippen LogP contribution < -0.4 is 9.47 Å². The Morgan fingerprint density at radius 3 is 1.21 bits per heavy atom. The largest absolute Gasteiger partial charge is 0.494 e. The van der Waals surface area contributed by atoms with Gasteiger partial charge in [0, 0.05) is 18.9 Å². The summed E-state index contributed by atoms with van der Waals surface area (Å²) in [6, 6.07) is 29.5. The Hall–Kier alpha value is -5.24. The lowest BCUT2D eigenvalue weighted by Crippen LogP contribution is -2.11. The first kappa shape index (κ1) is 40.5. The predicted molar refractivity (Wildman–Crippen MR) is 214 cm³/mol. The van der Waals surface area contributed by atoms with Crippen LogP contribution in [0.5, 0.6) is 11.5 Å². The molecule has 0 bridgehead atoms. The lowest BCUT2D eigenvalue weighted by atomic mass is 10.2. The summed E-state index contributed by atoms with van der Waals surface area (Å²) in [7, 11) is 0. The SMILES string of the molecule is CCCCCCCOc1ccc(C=Nc2ccc(C(=O)OCCCOC(=O)c3ccc(N=Cc4ccc(OCCCCCCC)cc4)cc3)cc2)cc1. The zero-order valence-corrected chi connectivity index (χ0v) is 31.3. The van der Waals surface area contributed by atoms with Crippen LogP contribution in [0.1, 0.15) is 116 Å². The minimum Gasteiger partial charge on any atom is -0.494 e. The second kappa shape index (κ2) is 24.1. The van der Waals surface area contributed by atoms with Crippen molar-refractivity contribution in [3.05, 3.63) is 119 Å². The summed E-state index contributed by atoms with van der Waals surface area (Å²) in [5.74, 6) is 0.832. The van der Waals surface area contributed by atoms with Crippen LogP contribution in [-0.4, -0.2) is 50.8 Å². The van der Waals surface area contributed by atoms with Crippen LogP contribution in [0.4, 0.5) is 11.4 Å². The Labute approximate surface area is 315 Å². The number of rotatable bonds is 24. The van der Waals surface area contributed by atoms with E-state index in [4.69, 9.17) is 18.9 Å². The number of unbranched alkanes of at least 4 members (excludes halogenated alkanes) is 8. The third-order valence-corrected chi connectivity index (χ3v) is 8.48. The fourth-order valence-corrected chi connectivity index (χ4v) is 5.31. The van der Waals surface area contributed by atoms with Crippen molar-refractivity contribution in [2.24, 2.45) is 9.98 Å². The molecular weight excluding hydrogens is 665 g/mol. The fraction of sp³-hybridized carbons (Fsp3) is 0.378. The molecule has 0 amide bonds. The molecule has 0 saturated carbocycles. The number of hydrogen-bond donors (Lipinski definition) is 0. The van der Waals surface area contributed by atoms with E-state index in [2.05, 4.69) is 23.8 Å². The molecule has 0 heterocycles. The van der Waals surface area contributed by atoms with Crippen molar-refractivity contribution in [3.63, 3.8) is 0 Å². The minimum absolute atomic E-state index is 0.129. The molecule has 4 rings (SSSR count). The van der Waals surface area contributed by atoms with Gasteiger partial charge in [-0.1, -0.05) is 65.2 Å². The Morgan fingerprint density at radius 2 is 0.830 bits per heavy atom. The maximum Gasteiger partial charge on any atom is 0.338 e. The molecule has 0 aliphatic rings. The van der Waals surface area contributed by atoms with Crippen LogP contribution in [0.3, 0.4) is 0 Å². The van der Waals surface area contributed by atoms with Crippen LogP contribution in [-0.2, 0) is 9.47 Å². The molecule has 0 fully saturated rings. The van der Waals surface area contributed by atoms with Crippen molar-refractivity contribution in [3.8, 4) is 11.5 Å². The Morgan fingerprint density at radius 1 is 0.453 bits per heavy atom. The van der Waals surface area contributed by atoms with Crippen molar-refractivity contribution in [1.29, 1.82) is 0 Å². The first-order valence-corrected chi connectivity index (χ1v) is 19.1. The number of ether oxygens (including phenoxy) is 4. The highest BCUT2D eigenvalue weighted by Gasteiger charge is 2.09. The fourth-order valence-electron chi connectivity index (χ4n) is 5.31. The molecule has 4 aromatic carbocycles. The van der Waals surface area contributed by atoms with Crippen molar-refractivity contribution in [2.75, 3.05) is 26.4 Å². The maximum absolute atomic E-state index is 12.5. The lowest BCUT2D eigenvalue weighted by Gasteiger charge is -2.07. The van der Waals surface area contributed by atoms with E-state index in [-0.39, 0.29) is 13.2 Å². The van der Waals surface area contributed by atoms with Gasteiger partial charge in [0.1, 0.15) is 11.5 Å². The predicted octanol–water partition coefficient (Wildman–Crippen LogP) is 11.3. The lowest BCUT2D eigenvalue weighted by molar-refractivity contribution is 0.0396. The van der Waals surface area contributed by atoms with Gasteiger partial charge in [-0.05, 0) is 121 Å². The normalized spacial score (nSPS) is 11.2. The summed E-state index contributed by atoms with van der Waals surface area (Å²) in [5, 5.41) is 0. The van der Waals surface area contributed by atoms with Crippen LogP contribution in [0.2, 0.25) is 0 Å². The van der Waals surface area contributed by atoms with Gasteiger partial charge in [0.15, 0.2) is 0 Å². The molecule has 8 heteroatoms. The van der Waals surface area contributed by atoms with Gasteiger partial charge >= 0.3 is 11.9 Å². The second-order valence-corrected chi connectivity index (χ2v) is 12.9. The molecule has 280 valence electrons. The molecule has 53 heavy (non-hydrogen) atoms. The van der Waals surface area contributed by atoms with Gasteiger partial charge < -0.3 is 18.9 Å². The van der Waals surface area contributed by atoms with Crippen LogP contribution in [0.15, 0.2) is 107 Å². The molecule has 8 nitrogen and oxygen atoms in total. The minimum atomic E-state index is -0.443. The highest BCUT2D eigenvalue weighted by Crippen LogP contribution is 2.18. The Bertz CT molecular complexity index is 1550. The zero-order chi connectivity index (χ0) is 37.4. The van der Waals surface area contributed by atoms with Gasteiger partial charge in [-0.3, -0.25) is 9.98 Å². The van der Waals surface area contributed by atoms with Gasteiger partial charge in [0.25, 0.3) is 0 Å². The first-order valence-electron chi connectivity index (χ1n) is 19.1. The standard InChI is InChI=1S/C45H54N2O6/c1-3-5-7-9-11-30-50-42-26-14-36(15-27-42)34-46-40-22-18-38(19-23-40)44(48)52-32-13-33-53-45(49)39-20-24-41(25-21-39)47-35-37-16-28-43(29-17-37)51-31-12-10-8-6-4-2/h14-29,34-35H,3-13,30-33H2,1-2H3. The molecule has 0 radical (unpaired) electrons. The van der Waals surface area contributed by atoms with Crippen molar-refractivity contribution in [2.45, 2.75) is 84.5 Å². The van der Waals surface area contributed by atoms with Gasteiger partial charge in [-0.15, -0.1) is 0 Å². The average Bonchev–Trinajstić information content (AvgIpc) is 3.20. The summed E-state index contributed by atoms with van der Waals surface area (Å²) in [6.45, 7) is 6.16. The number of benzene rings is 4. The molecule has 0 aliphatic carbocycles. The van der Waals surface area contributed by atoms with Crippen LogP contribution in [0.25, 0.3) is 0 Å². The maximum atomic E-state index is 12.5. The van der Waals surface area contributed by atoms with E-state index >= 15 is 0 Å². The van der Waals surface area contributed by atoms with E-state index in [1.54, 1.807) is 61.0 Å².